The van der Waals surface area contributed by atoms with E-state index in [1.54, 1.807) is 30.5 Å². The van der Waals surface area contributed by atoms with Crippen LogP contribution in [0.3, 0.4) is 0 Å². The van der Waals surface area contributed by atoms with Crippen LogP contribution in [0.25, 0.3) is 11.3 Å². The van der Waals surface area contributed by atoms with Crippen molar-refractivity contribution in [2.75, 3.05) is 20.8 Å². The zero-order valence-electron chi connectivity index (χ0n) is 18.2. The Morgan fingerprint density at radius 2 is 1.88 bits per heavy atom. The van der Waals surface area contributed by atoms with Crippen LogP contribution in [-0.2, 0) is 14.3 Å². The molecule has 0 aliphatic carbocycles. The van der Waals surface area contributed by atoms with Crippen molar-refractivity contribution < 1.29 is 23.5 Å². The van der Waals surface area contributed by atoms with Crippen LogP contribution < -0.4 is 5.32 Å². The minimum Gasteiger partial charge on any atom is -0.469 e. The van der Waals surface area contributed by atoms with E-state index in [-0.39, 0.29) is 24.5 Å². The van der Waals surface area contributed by atoms with Crippen LogP contribution >= 0.6 is 12.2 Å². The first-order chi connectivity index (χ1) is 16.0. The van der Waals surface area contributed by atoms with Gasteiger partial charge in [-0.15, -0.1) is 0 Å². The van der Waals surface area contributed by atoms with Crippen molar-refractivity contribution in [3.8, 4) is 11.3 Å². The van der Waals surface area contributed by atoms with Gasteiger partial charge in [0.2, 0.25) is 0 Å². The second-order valence-electron chi connectivity index (χ2n) is 7.42. The van der Waals surface area contributed by atoms with Crippen LogP contribution in [0.2, 0.25) is 0 Å². The molecule has 0 amide bonds. The maximum atomic E-state index is 11.8. The average molecular weight is 466 g/mol. The lowest BCUT2D eigenvalue weighted by molar-refractivity contribution is -0.140. The van der Waals surface area contributed by atoms with Crippen molar-refractivity contribution in [2.45, 2.75) is 18.5 Å². The predicted octanol–water partition coefficient (Wildman–Crippen LogP) is 3.66. The molecule has 1 aromatic carbocycles. The first-order valence-electron chi connectivity index (χ1n) is 10.3. The predicted molar refractivity (Wildman–Crippen MR) is 124 cm³/mol. The smallest absolute Gasteiger partial charge is 0.337 e. The molecule has 33 heavy (non-hydrogen) atoms. The molecule has 2 aromatic heterocycles. The van der Waals surface area contributed by atoms with Gasteiger partial charge in [0.25, 0.3) is 0 Å². The third-order valence-corrected chi connectivity index (χ3v) is 5.84. The van der Waals surface area contributed by atoms with E-state index in [1.165, 1.54) is 14.2 Å². The lowest BCUT2D eigenvalue weighted by Crippen LogP contribution is -2.31. The highest BCUT2D eigenvalue weighted by Crippen LogP contribution is 2.40. The molecule has 0 spiro atoms. The molecular formula is C24H23N3O5S. The highest BCUT2D eigenvalue weighted by molar-refractivity contribution is 7.80. The van der Waals surface area contributed by atoms with Crippen molar-refractivity contribution in [2.24, 2.45) is 0 Å². The summed E-state index contributed by atoms with van der Waals surface area (Å²) in [5, 5.41) is 3.83. The summed E-state index contributed by atoms with van der Waals surface area (Å²) in [6.45, 7) is 0.371. The van der Waals surface area contributed by atoms with Crippen LogP contribution in [0.4, 0.5) is 0 Å². The van der Waals surface area contributed by atoms with Gasteiger partial charge in [0.05, 0.1) is 37.9 Å². The number of nitrogens with zero attached hydrogens (tertiary/aromatic N) is 2. The quantitative estimate of drug-likeness (QED) is 0.414. The standard InChI is InChI=1S/C24H23N3O5S/c1-30-20(28)12-14-27-22(21(26-24(27)33)17-5-3-4-13-25-17)19-11-10-18(32-19)15-6-8-16(9-7-15)23(29)31-2/h3-11,13,21-22H,12,14H2,1-2H3,(H,26,33)/t21-,22+/m1/s1. The van der Waals surface area contributed by atoms with Gasteiger partial charge in [0.1, 0.15) is 17.6 Å². The lowest BCUT2D eigenvalue weighted by atomic mass is 10.0. The minimum atomic E-state index is -0.397. The number of hydrogen-bond donors (Lipinski definition) is 1. The summed E-state index contributed by atoms with van der Waals surface area (Å²) in [5.74, 6) is 0.608. The molecule has 9 heteroatoms. The molecule has 8 nitrogen and oxygen atoms in total. The largest absolute Gasteiger partial charge is 0.469 e. The maximum absolute atomic E-state index is 11.8. The van der Waals surface area contributed by atoms with Gasteiger partial charge < -0.3 is 24.1 Å². The Bertz CT molecular complexity index is 1150. The van der Waals surface area contributed by atoms with Gasteiger partial charge in [-0.2, -0.15) is 0 Å². The van der Waals surface area contributed by atoms with E-state index in [0.717, 1.165) is 11.3 Å². The SMILES string of the molecule is COC(=O)CCN1C(=S)N[C@H](c2ccccn2)[C@@H]1c1ccc(-c2ccc(C(=O)OC)cc2)o1. The summed E-state index contributed by atoms with van der Waals surface area (Å²) in [7, 11) is 2.71. The fourth-order valence-corrected chi connectivity index (χ4v) is 4.16. The number of methoxy groups -OCH3 is 2. The number of thiocarbonyl (C=S) groups is 1. The number of pyridine rings is 1. The van der Waals surface area contributed by atoms with E-state index in [9.17, 15) is 9.59 Å². The summed E-state index contributed by atoms with van der Waals surface area (Å²) in [6.07, 6.45) is 1.91. The number of furan rings is 1. The van der Waals surface area contributed by atoms with E-state index < -0.39 is 5.97 Å². The van der Waals surface area contributed by atoms with E-state index in [0.29, 0.717) is 28.7 Å². The summed E-state index contributed by atoms with van der Waals surface area (Å²) in [4.78, 5) is 29.9. The maximum Gasteiger partial charge on any atom is 0.337 e. The second kappa shape index (κ2) is 9.83. The molecule has 3 heterocycles. The number of carbonyl (C=O) groups is 2. The molecule has 1 aliphatic rings. The average Bonchev–Trinajstić information content (AvgIpc) is 3.47. The Hall–Kier alpha value is -3.72. The molecule has 0 unspecified atom stereocenters. The van der Waals surface area contributed by atoms with Gasteiger partial charge in [-0.3, -0.25) is 9.78 Å². The summed E-state index contributed by atoms with van der Waals surface area (Å²) in [6, 6.07) is 15.9. The third kappa shape index (κ3) is 4.73. The van der Waals surface area contributed by atoms with E-state index in [4.69, 9.17) is 26.1 Å². The highest BCUT2D eigenvalue weighted by Gasteiger charge is 2.41. The van der Waals surface area contributed by atoms with Crippen LogP contribution in [0.15, 0.2) is 65.2 Å². The van der Waals surface area contributed by atoms with Gasteiger partial charge >= 0.3 is 11.9 Å². The number of esters is 2. The van der Waals surface area contributed by atoms with Crippen LogP contribution in [0, 0.1) is 0 Å². The van der Waals surface area contributed by atoms with Crippen LogP contribution in [0.1, 0.15) is 40.3 Å². The normalized spacial score (nSPS) is 17.5. The number of benzene rings is 1. The molecule has 1 saturated heterocycles. The monoisotopic (exact) mass is 465 g/mol. The summed E-state index contributed by atoms with van der Waals surface area (Å²) < 4.78 is 15.8. The fraction of sp³-hybridized carbons (Fsp3) is 0.250. The highest BCUT2D eigenvalue weighted by atomic mass is 32.1. The van der Waals surface area contributed by atoms with Crippen LogP contribution in [0.5, 0.6) is 0 Å². The first-order valence-corrected chi connectivity index (χ1v) is 10.8. The molecule has 1 aliphatic heterocycles. The molecule has 3 aromatic rings. The molecule has 0 saturated carbocycles. The van der Waals surface area contributed by atoms with E-state index >= 15 is 0 Å². The number of hydrogen-bond acceptors (Lipinski definition) is 7. The Morgan fingerprint density at radius 1 is 1.09 bits per heavy atom. The van der Waals surface area contributed by atoms with Gasteiger partial charge in [0, 0.05) is 18.3 Å². The summed E-state index contributed by atoms with van der Waals surface area (Å²) in [5.41, 5.74) is 2.09. The molecule has 1 N–H and O–H groups in total. The van der Waals surface area contributed by atoms with Crippen molar-refractivity contribution in [1.29, 1.82) is 0 Å². The molecule has 0 bridgehead atoms. The number of carbonyl (C=O) groups excluding carboxylic acids is 2. The third-order valence-electron chi connectivity index (χ3n) is 5.49. The minimum absolute atomic E-state index is 0.187. The van der Waals surface area contributed by atoms with Gasteiger partial charge in [-0.1, -0.05) is 18.2 Å². The second-order valence-corrected chi connectivity index (χ2v) is 7.80. The first kappa shape index (κ1) is 22.5. The van der Waals surface area contributed by atoms with E-state index in [2.05, 4.69) is 10.3 Å². The van der Waals surface area contributed by atoms with Crippen molar-refractivity contribution in [3.63, 3.8) is 0 Å². The van der Waals surface area contributed by atoms with Gasteiger partial charge in [-0.05, 0) is 48.6 Å². The Morgan fingerprint density at radius 3 is 2.55 bits per heavy atom. The van der Waals surface area contributed by atoms with Crippen LogP contribution in [-0.4, -0.2) is 47.7 Å². The topological polar surface area (TPSA) is 93.9 Å². The Balaban J connectivity index is 1.65. The zero-order chi connectivity index (χ0) is 23.4. The van der Waals surface area contributed by atoms with Crippen molar-refractivity contribution in [1.82, 2.24) is 15.2 Å². The number of rotatable bonds is 7. The number of nitrogens with one attached hydrogen (secondary N) is 1. The number of aromatic nitrogens is 1. The molecule has 2 atom stereocenters. The van der Waals surface area contributed by atoms with Gasteiger partial charge in [-0.25, -0.2) is 4.79 Å². The summed E-state index contributed by atoms with van der Waals surface area (Å²) >= 11 is 5.58. The van der Waals surface area contributed by atoms with Crippen molar-refractivity contribution in [3.05, 3.63) is 77.8 Å². The molecule has 4 rings (SSSR count). The fourth-order valence-electron chi connectivity index (χ4n) is 3.82. The molecular weight excluding hydrogens is 442 g/mol. The van der Waals surface area contributed by atoms with Crippen molar-refractivity contribution >= 4 is 29.3 Å². The van der Waals surface area contributed by atoms with E-state index in [1.807, 2.05) is 35.2 Å². The molecule has 170 valence electrons. The Kier molecular flexibility index (Phi) is 6.69. The number of ether oxygens (including phenoxy) is 2. The zero-order valence-corrected chi connectivity index (χ0v) is 19.0. The Labute approximate surface area is 196 Å². The molecule has 1 fully saturated rings. The molecule has 0 radical (unpaired) electrons. The lowest BCUT2D eigenvalue weighted by Gasteiger charge is -2.25. The van der Waals surface area contributed by atoms with Gasteiger partial charge in [0.15, 0.2) is 5.11 Å².